The van der Waals surface area contributed by atoms with Crippen LogP contribution >= 0.6 is 11.6 Å². The van der Waals surface area contributed by atoms with Crippen LogP contribution in [0, 0.1) is 17.7 Å². The maximum absolute atomic E-state index is 12.9. The van der Waals surface area contributed by atoms with Crippen LogP contribution in [-0.2, 0) is 0 Å². The Morgan fingerprint density at radius 1 is 1.57 bits per heavy atom. The zero-order valence-electron chi connectivity index (χ0n) is 7.05. The molecule has 2 nitrogen and oxygen atoms in total. The lowest BCUT2D eigenvalue weighted by atomic mass is 10.1. The lowest BCUT2D eigenvalue weighted by Crippen LogP contribution is -1.88. The lowest BCUT2D eigenvalue weighted by Gasteiger charge is -1.99. The molecule has 0 aliphatic heterocycles. The molecule has 0 saturated heterocycles. The first-order valence-electron chi connectivity index (χ1n) is 3.71. The highest BCUT2D eigenvalue weighted by Crippen LogP contribution is 2.21. The van der Waals surface area contributed by atoms with Gasteiger partial charge in [-0.15, -0.1) is 11.6 Å². The summed E-state index contributed by atoms with van der Waals surface area (Å²) in [5.41, 5.74) is 0.187. The van der Waals surface area contributed by atoms with Crippen molar-refractivity contribution in [3.05, 3.63) is 29.1 Å². The van der Waals surface area contributed by atoms with E-state index in [9.17, 15) is 9.18 Å². The zero-order chi connectivity index (χ0) is 10.6. The molecule has 1 aromatic rings. The third-order valence-corrected chi connectivity index (χ3v) is 1.65. The summed E-state index contributed by atoms with van der Waals surface area (Å²) >= 11 is 5.31. The van der Waals surface area contributed by atoms with Gasteiger partial charge in [-0.3, -0.25) is 4.79 Å². The molecule has 1 aromatic carbocycles. The number of halogens is 2. The van der Waals surface area contributed by atoms with Gasteiger partial charge in [0, 0.05) is 5.56 Å². The van der Waals surface area contributed by atoms with E-state index in [1.165, 1.54) is 6.07 Å². The summed E-state index contributed by atoms with van der Waals surface area (Å²) in [5.74, 6) is 3.66. The van der Waals surface area contributed by atoms with Crippen LogP contribution in [0.4, 0.5) is 4.39 Å². The molecule has 0 heterocycles. The van der Waals surface area contributed by atoms with Gasteiger partial charge in [0.25, 0.3) is 0 Å². The first kappa shape index (κ1) is 10.6. The van der Waals surface area contributed by atoms with E-state index in [1.54, 1.807) is 0 Å². The van der Waals surface area contributed by atoms with Crippen molar-refractivity contribution in [3.8, 4) is 17.6 Å². The maximum atomic E-state index is 12.9. The number of hydrogen-bond donors (Lipinski definition) is 1. The summed E-state index contributed by atoms with van der Waals surface area (Å²) in [6, 6.07) is 2.34. The number of hydrogen-bond acceptors (Lipinski definition) is 2. The molecule has 0 bridgehead atoms. The van der Waals surface area contributed by atoms with Gasteiger partial charge in [0.15, 0.2) is 17.9 Å². The number of benzene rings is 1. The van der Waals surface area contributed by atoms with Crippen molar-refractivity contribution in [1.29, 1.82) is 0 Å². The Balaban J connectivity index is 3.22. The van der Waals surface area contributed by atoms with Crippen LogP contribution in [0.1, 0.15) is 15.9 Å². The lowest BCUT2D eigenvalue weighted by molar-refractivity contribution is 0.112. The highest BCUT2D eigenvalue weighted by molar-refractivity contribution is 6.19. The van der Waals surface area contributed by atoms with Crippen LogP contribution in [0.5, 0.6) is 5.75 Å². The van der Waals surface area contributed by atoms with Crippen LogP contribution in [-0.4, -0.2) is 17.3 Å². The second-order valence-electron chi connectivity index (χ2n) is 2.45. The van der Waals surface area contributed by atoms with Gasteiger partial charge in [-0.05, 0) is 12.1 Å². The van der Waals surface area contributed by atoms with Gasteiger partial charge < -0.3 is 5.11 Å². The van der Waals surface area contributed by atoms with Gasteiger partial charge in [0.1, 0.15) is 0 Å². The standard InChI is InChI=1S/C10H6ClFO2/c11-3-1-2-7-4-8(6-13)10(14)9(12)5-7/h4-6,14H,3H2. The number of phenolic OH excluding ortho intramolecular Hbond substituents is 1. The Kier molecular flexibility index (Phi) is 3.49. The number of carbonyl (C=O) groups is 1. The predicted molar refractivity (Wildman–Crippen MR) is 51.1 cm³/mol. The van der Waals surface area contributed by atoms with E-state index < -0.39 is 11.6 Å². The fourth-order valence-corrected chi connectivity index (χ4v) is 0.985. The molecule has 0 amide bonds. The Hall–Kier alpha value is -1.53. The van der Waals surface area contributed by atoms with Crippen molar-refractivity contribution in [1.82, 2.24) is 0 Å². The number of carbonyl (C=O) groups excluding carboxylic acids is 1. The summed E-state index contributed by atoms with van der Waals surface area (Å²) < 4.78 is 12.9. The van der Waals surface area contributed by atoms with E-state index in [-0.39, 0.29) is 11.4 Å². The van der Waals surface area contributed by atoms with Crippen molar-refractivity contribution >= 4 is 17.9 Å². The van der Waals surface area contributed by atoms with E-state index in [4.69, 9.17) is 16.7 Å². The van der Waals surface area contributed by atoms with Crippen molar-refractivity contribution in [2.24, 2.45) is 0 Å². The highest BCUT2D eigenvalue weighted by atomic mass is 35.5. The van der Waals surface area contributed by atoms with Gasteiger partial charge in [-0.1, -0.05) is 11.8 Å². The molecule has 0 spiro atoms. The number of aldehydes is 1. The van der Waals surface area contributed by atoms with Crippen molar-refractivity contribution in [2.45, 2.75) is 0 Å². The smallest absolute Gasteiger partial charge is 0.166 e. The minimum absolute atomic E-state index is 0.121. The Labute approximate surface area is 85.3 Å². The Bertz CT molecular complexity index is 418. The van der Waals surface area contributed by atoms with Crippen LogP contribution in [0.25, 0.3) is 0 Å². The molecular weight excluding hydrogens is 207 g/mol. The third-order valence-electron chi connectivity index (χ3n) is 1.52. The van der Waals surface area contributed by atoms with Crippen molar-refractivity contribution < 1.29 is 14.3 Å². The van der Waals surface area contributed by atoms with Gasteiger partial charge >= 0.3 is 0 Å². The normalized spacial score (nSPS) is 9.00. The summed E-state index contributed by atoms with van der Waals surface area (Å²) in [6.45, 7) is 0. The Morgan fingerprint density at radius 3 is 2.86 bits per heavy atom. The monoisotopic (exact) mass is 212 g/mol. The van der Waals surface area contributed by atoms with E-state index >= 15 is 0 Å². The first-order valence-corrected chi connectivity index (χ1v) is 4.25. The van der Waals surface area contributed by atoms with Crippen molar-refractivity contribution in [3.63, 3.8) is 0 Å². The van der Waals surface area contributed by atoms with Crippen LogP contribution in [0.15, 0.2) is 12.1 Å². The molecule has 1 rings (SSSR count). The molecule has 72 valence electrons. The zero-order valence-corrected chi connectivity index (χ0v) is 7.81. The average Bonchev–Trinajstić information content (AvgIpc) is 2.19. The molecule has 0 unspecified atom stereocenters. The number of alkyl halides is 1. The molecule has 0 radical (unpaired) electrons. The third kappa shape index (κ3) is 2.24. The minimum atomic E-state index is -0.867. The van der Waals surface area contributed by atoms with Gasteiger partial charge in [-0.2, -0.15) is 0 Å². The topological polar surface area (TPSA) is 37.3 Å². The molecule has 14 heavy (non-hydrogen) atoms. The minimum Gasteiger partial charge on any atom is -0.504 e. The van der Waals surface area contributed by atoms with Crippen LogP contribution < -0.4 is 0 Å². The Morgan fingerprint density at radius 2 is 2.29 bits per heavy atom. The van der Waals surface area contributed by atoms with Gasteiger partial charge in [-0.25, -0.2) is 4.39 Å². The molecule has 0 atom stereocenters. The van der Waals surface area contributed by atoms with E-state index in [2.05, 4.69) is 11.8 Å². The van der Waals surface area contributed by atoms with Crippen LogP contribution in [0.3, 0.4) is 0 Å². The van der Waals surface area contributed by atoms with Gasteiger partial charge in [0.05, 0.1) is 11.4 Å². The fraction of sp³-hybridized carbons (Fsp3) is 0.100. The number of phenols is 1. The molecule has 0 fully saturated rings. The van der Waals surface area contributed by atoms with E-state index in [1.807, 2.05) is 0 Å². The second kappa shape index (κ2) is 4.64. The first-order chi connectivity index (χ1) is 6.69. The summed E-state index contributed by atoms with van der Waals surface area (Å²) in [7, 11) is 0. The van der Waals surface area contributed by atoms with Crippen molar-refractivity contribution in [2.75, 3.05) is 5.88 Å². The molecule has 0 aliphatic carbocycles. The number of rotatable bonds is 1. The molecule has 0 aliphatic rings. The van der Waals surface area contributed by atoms with E-state index in [0.29, 0.717) is 11.8 Å². The quantitative estimate of drug-likeness (QED) is 0.439. The van der Waals surface area contributed by atoms with Crippen LogP contribution in [0.2, 0.25) is 0 Å². The van der Waals surface area contributed by atoms with E-state index in [0.717, 1.165) is 6.07 Å². The largest absolute Gasteiger partial charge is 0.504 e. The highest BCUT2D eigenvalue weighted by Gasteiger charge is 2.07. The summed E-state index contributed by atoms with van der Waals surface area (Å²) in [4.78, 5) is 10.4. The predicted octanol–water partition coefficient (Wildman–Crippen LogP) is 1.93. The van der Waals surface area contributed by atoms with Gasteiger partial charge in [0.2, 0.25) is 0 Å². The SMILES string of the molecule is O=Cc1cc(C#CCCl)cc(F)c1O. The molecular formula is C10H6ClFO2. The number of aromatic hydroxyl groups is 1. The summed E-state index contributed by atoms with van der Waals surface area (Å²) in [6.07, 6.45) is 0.365. The fourth-order valence-electron chi connectivity index (χ4n) is 0.918. The molecule has 0 saturated carbocycles. The molecule has 4 heteroatoms. The summed E-state index contributed by atoms with van der Waals surface area (Å²) in [5, 5.41) is 9.07. The average molecular weight is 213 g/mol. The molecule has 1 N–H and O–H groups in total. The molecule has 0 aromatic heterocycles. The maximum Gasteiger partial charge on any atom is 0.166 e. The second-order valence-corrected chi connectivity index (χ2v) is 2.72.